The van der Waals surface area contributed by atoms with Crippen LogP contribution in [-0.2, 0) is 6.42 Å². The van der Waals surface area contributed by atoms with Crippen LogP contribution in [0.4, 0.5) is 11.4 Å². The van der Waals surface area contributed by atoms with E-state index in [9.17, 15) is 4.79 Å². The van der Waals surface area contributed by atoms with Gasteiger partial charge in [-0.25, -0.2) is 0 Å². The van der Waals surface area contributed by atoms with E-state index < -0.39 is 0 Å². The predicted molar refractivity (Wildman–Crippen MR) is 59.1 cm³/mol. The van der Waals surface area contributed by atoms with E-state index in [2.05, 4.69) is 15.6 Å². The molecule has 0 saturated heterocycles. The number of hydrogen-bond acceptors (Lipinski definition) is 3. The van der Waals surface area contributed by atoms with E-state index in [1.807, 2.05) is 12.1 Å². The van der Waals surface area contributed by atoms with Crippen molar-refractivity contribution in [3.05, 3.63) is 23.3 Å². The molecule has 2 N–H and O–H groups in total. The average Bonchev–Trinajstić information content (AvgIpc) is 2.62. The largest absolute Gasteiger partial charge is 0.384 e. The van der Waals surface area contributed by atoms with Gasteiger partial charge in [0.1, 0.15) is 0 Å². The summed E-state index contributed by atoms with van der Waals surface area (Å²) >= 11 is 0. The van der Waals surface area contributed by atoms with Crippen LogP contribution in [0.2, 0.25) is 0 Å². The van der Waals surface area contributed by atoms with Gasteiger partial charge in [0.05, 0.1) is 17.8 Å². The summed E-state index contributed by atoms with van der Waals surface area (Å²) in [4.78, 5) is 16.0. The Morgan fingerprint density at radius 3 is 3.13 bits per heavy atom. The van der Waals surface area contributed by atoms with E-state index in [1.54, 1.807) is 6.21 Å². The molecule has 1 amide bonds. The monoisotopic (exact) mass is 201 g/mol. The second kappa shape index (κ2) is 3.08. The number of hydrogen-bond donors (Lipinski definition) is 2. The molecule has 2 heterocycles. The number of nitrogens with one attached hydrogen (secondary N) is 2. The lowest BCUT2D eigenvalue weighted by molar-refractivity contribution is 0.0961. The first kappa shape index (κ1) is 8.47. The number of rotatable bonds is 0. The van der Waals surface area contributed by atoms with Crippen LogP contribution in [0.15, 0.2) is 17.1 Å². The maximum absolute atomic E-state index is 11.7. The maximum atomic E-state index is 11.7. The second-order valence-corrected chi connectivity index (χ2v) is 3.72. The molecular weight excluding hydrogens is 190 g/mol. The van der Waals surface area contributed by atoms with Crippen molar-refractivity contribution < 1.29 is 4.79 Å². The van der Waals surface area contributed by atoms with E-state index >= 15 is 0 Å². The van der Waals surface area contributed by atoms with Crippen molar-refractivity contribution in [1.29, 1.82) is 0 Å². The predicted octanol–water partition coefficient (Wildman–Crippen LogP) is 1.10. The Hall–Kier alpha value is -1.84. The number of amides is 1. The highest BCUT2D eigenvalue weighted by Gasteiger charge is 2.18. The molecule has 76 valence electrons. The third-order valence-corrected chi connectivity index (χ3v) is 2.76. The minimum Gasteiger partial charge on any atom is -0.384 e. The quantitative estimate of drug-likeness (QED) is 0.660. The number of nitrogens with zero attached hydrogens (tertiary/aromatic N) is 1. The Morgan fingerprint density at radius 2 is 2.20 bits per heavy atom. The summed E-state index contributed by atoms with van der Waals surface area (Å²) < 4.78 is 0. The van der Waals surface area contributed by atoms with Crippen molar-refractivity contribution in [3.63, 3.8) is 0 Å². The van der Waals surface area contributed by atoms with Gasteiger partial charge in [0.2, 0.25) is 0 Å². The zero-order valence-corrected chi connectivity index (χ0v) is 8.21. The van der Waals surface area contributed by atoms with Gasteiger partial charge in [0.25, 0.3) is 5.91 Å². The van der Waals surface area contributed by atoms with E-state index in [4.69, 9.17) is 0 Å². The van der Waals surface area contributed by atoms with Gasteiger partial charge < -0.3 is 10.6 Å². The van der Waals surface area contributed by atoms with Crippen LogP contribution in [0.3, 0.4) is 0 Å². The summed E-state index contributed by atoms with van der Waals surface area (Å²) in [6.45, 7) is 1.45. The molecule has 2 aliphatic rings. The topological polar surface area (TPSA) is 53.5 Å². The SMILES string of the molecule is O=C1NCC=Nc2cc3c(cc21)NCC3. The van der Waals surface area contributed by atoms with Crippen molar-refractivity contribution in [1.82, 2.24) is 5.32 Å². The second-order valence-electron chi connectivity index (χ2n) is 3.72. The molecule has 0 unspecified atom stereocenters. The summed E-state index contributed by atoms with van der Waals surface area (Å²) in [5.74, 6) is -0.0426. The number of carbonyl (C=O) groups excluding carboxylic acids is 1. The highest BCUT2D eigenvalue weighted by Crippen LogP contribution is 2.31. The highest BCUT2D eigenvalue weighted by atomic mass is 16.1. The third kappa shape index (κ3) is 1.29. The number of anilines is 1. The molecule has 2 aliphatic heterocycles. The lowest BCUT2D eigenvalue weighted by atomic mass is 10.1. The van der Waals surface area contributed by atoms with Gasteiger partial charge in [-0.05, 0) is 24.1 Å². The van der Waals surface area contributed by atoms with Crippen LogP contribution in [-0.4, -0.2) is 25.2 Å². The Balaban J connectivity index is 2.19. The van der Waals surface area contributed by atoms with Gasteiger partial charge in [-0.1, -0.05) is 0 Å². The van der Waals surface area contributed by atoms with Crippen LogP contribution < -0.4 is 10.6 Å². The molecule has 4 nitrogen and oxygen atoms in total. The Kier molecular flexibility index (Phi) is 1.74. The fourth-order valence-electron chi connectivity index (χ4n) is 2.00. The number of fused-ring (bicyclic) bond motifs is 2. The molecule has 0 aliphatic carbocycles. The smallest absolute Gasteiger partial charge is 0.253 e. The molecule has 0 radical (unpaired) electrons. The minimum atomic E-state index is -0.0426. The normalized spacial score (nSPS) is 17.5. The molecule has 3 rings (SSSR count). The molecule has 4 heteroatoms. The van der Waals surface area contributed by atoms with E-state index in [-0.39, 0.29) is 5.91 Å². The van der Waals surface area contributed by atoms with Crippen LogP contribution in [0.25, 0.3) is 0 Å². The average molecular weight is 201 g/mol. The summed E-state index contributed by atoms with van der Waals surface area (Å²) in [6, 6.07) is 3.90. The Bertz CT molecular complexity index is 465. The lowest BCUT2D eigenvalue weighted by Gasteiger charge is -2.06. The molecular formula is C11H11N3O. The van der Waals surface area contributed by atoms with Crippen molar-refractivity contribution >= 4 is 23.5 Å². The molecule has 15 heavy (non-hydrogen) atoms. The van der Waals surface area contributed by atoms with Crippen molar-refractivity contribution in [2.45, 2.75) is 6.42 Å². The van der Waals surface area contributed by atoms with Gasteiger partial charge in [0.15, 0.2) is 0 Å². The van der Waals surface area contributed by atoms with Gasteiger partial charge >= 0.3 is 0 Å². The summed E-state index contributed by atoms with van der Waals surface area (Å²) in [7, 11) is 0. The molecule has 0 saturated carbocycles. The summed E-state index contributed by atoms with van der Waals surface area (Å²) in [6.07, 6.45) is 2.75. The molecule has 0 spiro atoms. The highest BCUT2D eigenvalue weighted by molar-refractivity contribution is 6.03. The summed E-state index contributed by atoms with van der Waals surface area (Å²) in [5.41, 5.74) is 3.77. The van der Waals surface area contributed by atoms with Gasteiger partial charge in [-0.2, -0.15) is 0 Å². The first-order chi connectivity index (χ1) is 7.34. The van der Waals surface area contributed by atoms with Gasteiger partial charge in [0, 0.05) is 18.4 Å². The molecule has 0 aromatic heterocycles. The molecule has 0 fully saturated rings. The van der Waals surface area contributed by atoms with E-state index in [1.165, 1.54) is 5.56 Å². The van der Waals surface area contributed by atoms with Crippen LogP contribution in [0.5, 0.6) is 0 Å². The Morgan fingerprint density at radius 1 is 1.27 bits per heavy atom. The van der Waals surface area contributed by atoms with Crippen LogP contribution in [0.1, 0.15) is 15.9 Å². The molecule has 0 atom stereocenters. The fourth-order valence-corrected chi connectivity index (χ4v) is 2.00. The molecule has 1 aromatic carbocycles. The van der Waals surface area contributed by atoms with Crippen molar-refractivity contribution in [2.24, 2.45) is 4.99 Å². The van der Waals surface area contributed by atoms with Gasteiger partial charge in [-0.3, -0.25) is 9.79 Å². The number of aliphatic imine (C=N–C) groups is 1. The standard InChI is InChI=1S/C11H11N3O/c15-11-8-6-9-7(1-2-12-9)5-10(8)13-3-4-14-11/h3,5-6,12H,1-2,4H2,(H,14,15). The first-order valence-electron chi connectivity index (χ1n) is 5.06. The van der Waals surface area contributed by atoms with Crippen molar-refractivity contribution in [2.75, 3.05) is 18.4 Å². The van der Waals surface area contributed by atoms with Crippen molar-refractivity contribution in [3.8, 4) is 0 Å². The van der Waals surface area contributed by atoms with Gasteiger partial charge in [-0.15, -0.1) is 0 Å². The zero-order chi connectivity index (χ0) is 10.3. The van der Waals surface area contributed by atoms with Crippen LogP contribution in [0, 0.1) is 0 Å². The summed E-state index contributed by atoms with van der Waals surface area (Å²) in [5, 5.41) is 6.04. The Labute approximate surface area is 87.4 Å². The number of carbonyl (C=O) groups is 1. The lowest BCUT2D eigenvalue weighted by Crippen LogP contribution is -2.23. The third-order valence-electron chi connectivity index (χ3n) is 2.76. The molecule has 0 bridgehead atoms. The maximum Gasteiger partial charge on any atom is 0.253 e. The van der Waals surface area contributed by atoms with E-state index in [0.29, 0.717) is 12.1 Å². The zero-order valence-electron chi connectivity index (χ0n) is 8.21. The minimum absolute atomic E-state index is 0.0426. The van der Waals surface area contributed by atoms with E-state index in [0.717, 1.165) is 24.3 Å². The first-order valence-corrected chi connectivity index (χ1v) is 5.06. The fraction of sp³-hybridized carbons (Fsp3) is 0.273. The molecule has 1 aromatic rings. The van der Waals surface area contributed by atoms with Crippen LogP contribution >= 0.6 is 0 Å². The number of benzene rings is 1.